The van der Waals surface area contributed by atoms with Crippen molar-refractivity contribution < 1.29 is 68.3 Å². The Morgan fingerprint density at radius 3 is 1.95 bits per heavy atom. The molecule has 44 heavy (non-hydrogen) atoms. The third-order valence-corrected chi connectivity index (χ3v) is 8.44. The fourth-order valence-corrected chi connectivity index (χ4v) is 6.84. The number of hydrogen-bond acceptors (Lipinski definition) is 5. The number of aromatic nitrogens is 1. The molecular formula is C32H35F2N2NaO6S. The van der Waals surface area contributed by atoms with Gasteiger partial charge >= 0.3 is 35.5 Å². The summed E-state index contributed by atoms with van der Waals surface area (Å²) in [5.74, 6) is -2.57. The zero-order chi connectivity index (χ0) is 31.3. The first kappa shape index (κ1) is 35.4. The third kappa shape index (κ3) is 8.56. The van der Waals surface area contributed by atoms with Crippen LogP contribution in [0.4, 0.5) is 14.5 Å². The van der Waals surface area contributed by atoms with Gasteiger partial charge in [0.2, 0.25) is 0 Å². The predicted molar refractivity (Wildman–Crippen MR) is 161 cm³/mol. The van der Waals surface area contributed by atoms with Gasteiger partial charge in [0.1, 0.15) is 16.5 Å². The molecule has 230 valence electrons. The van der Waals surface area contributed by atoms with Gasteiger partial charge in [-0.15, -0.1) is 0 Å². The van der Waals surface area contributed by atoms with Crippen molar-refractivity contribution in [3.63, 3.8) is 0 Å². The van der Waals surface area contributed by atoms with E-state index in [4.69, 9.17) is 5.11 Å². The molecule has 4 rings (SSSR count). The summed E-state index contributed by atoms with van der Waals surface area (Å²) >= 11 is 0. The van der Waals surface area contributed by atoms with Crippen LogP contribution in [0.5, 0.6) is 0 Å². The standard InChI is InChI=1S/C32H34F2N2O6S.Na.H/c1-20(2)30-32(43(41,42)35-25-6-4-3-5-7-25)29(21-8-12-23(33)13-9-21)31(22-10-14-24(34)15-11-22)36(30)17-16-26(37)18-27(38)19-28(39)40;;/h3-15,20,26-27,35,37-38H,16-19H2,1-2H3,(H,39,40);;/q;+1;-1/t26-,27-;;/m1../s1. The van der Waals surface area contributed by atoms with E-state index in [9.17, 15) is 32.2 Å². The minimum atomic E-state index is -4.27. The number of aliphatic carboxylic acids is 1. The number of anilines is 1. The van der Waals surface area contributed by atoms with Gasteiger partial charge < -0.3 is 21.3 Å². The Morgan fingerprint density at radius 1 is 0.886 bits per heavy atom. The topological polar surface area (TPSA) is 129 Å². The van der Waals surface area contributed by atoms with Crippen molar-refractivity contribution in [3.05, 3.63) is 96.2 Å². The summed E-state index contributed by atoms with van der Waals surface area (Å²) in [6.07, 6.45) is -3.04. The Morgan fingerprint density at radius 2 is 1.43 bits per heavy atom. The summed E-state index contributed by atoms with van der Waals surface area (Å²) in [5.41, 5.74) is 2.33. The number of sulfonamides is 1. The number of hydrogen-bond donors (Lipinski definition) is 4. The fraction of sp³-hybridized carbons (Fsp3) is 0.281. The van der Waals surface area contributed by atoms with Gasteiger partial charge in [-0.3, -0.25) is 9.52 Å². The van der Waals surface area contributed by atoms with E-state index in [1.54, 1.807) is 34.9 Å². The number of carboxylic acids is 1. The van der Waals surface area contributed by atoms with Crippen LogP contribution in [-0.2, 0) is 21.4 Å². The maximum Gasteiger partial charge on any atom is 1.00 e. The van der Waals surface area contributed by atoms with Crippen molar-refractivity contribution in [1.82, 2.24) is 4.57 Å². The fourth-order valence-electron chi connectivity index (χ4n) is 5.19. The Balaban J connectivity index is 0.00000353. The summed E-state index contributed by atoms with van der Waals surface area (Å²) in [7, 11) is -4.27. The van der Waals surface area contributed by atoms with Crippen molar-refractivity contribution in [1.29, 1.82) is 0 Å². The summed E-state index contributed by atoms with van der Waals surface area (Å²) < 4.78 is 60.9. The van der Waals surface area contributed by atoms with Crippen LogP contribution in [0.1, 0.15) is 46.1 Å². The van der Waals surface area contributed by atoms with Crippen LogP contribution in [-0.4, -0.2) is 46.5 Å². The molecule has 2 atom stereocenters. The largest absolute Gasteiger partial charge is 1.00 e. The maximum absolute atomic E-state index is 14.2. The zero-order valence-electron chi connectivity index (χ0n) is 25.7. The monoisotopic (exact) mass is 636 g/mol. The molecule has 4 N–H and O–H groups in total. The SMILES string of the molecule is CC(C)c1c(S(=O)(=O)Nc2ccccc2)c(-c2ccc(F)cc2)c(-c2ccc(F)cc2)n1CC[C@@H](O)C[C@@H](O)CC(=O)O.[H-].[Na+]. The van der Waals surface area contributed by atoms with Crippen LogP contribution in [0.2, 0.25) is 0 Å². The molecule has 0 bridgehead atoms. The van der Waals surface area contributed by atoms with Crippen LogP contribution < -0.4 is 34.3 Å². The van der Waals surface area contributed by atoms with Crippen LogP contribution >= 0.6 is 0 Å². The molecule has 0 saturated carbocycles. The first-order valence-corrected chi connectivity index (χ1v) is 15.3. The van der Waals surface area contributed by atoms with E-state index in [-0.39, 0.29) is 66.7 Å². The number of nitrogens with one attached hydrogen (secondary N) is 1. The van der Waals surface area contributed by atoms with E-state index < -0.39 is 46.3 Å². The molecule has 0 aliphatic rings. The van der Waals surface area contributed by atoms with E-state index >= 15 is 0 Å². The van der Waals surface area contributed by atoms with Gasteiger partial charge in [-0.05, 0) is 78.4 Å². The van der Waals surface area contributed by atoms with Crippen LogP contribution in [0.15, 0.2) is 83.8 Å². The van der Waals surface area contributed by atoms with E-state index in [2.05, 4.69) is 4.72 Å². The molecule has 0 aliphatic carbocycles. The number of para-hydroxylation sites is 1. The number of carboxylic acid groups (broad SMARTS) is 1. The number of aliphatic hydroxyl groups excluding tert-OH is 2. The van der Waals surface area contributed by atoms with E-state index in [1.165, 1.54) is 48.5 Å². The molecule has 8 nitrogen and oxygen atoms in total. The molecule has 0 aliphatic heterocycles. The van der Waals surface area contributed by atoms with Crippen molar-refractivity contribution in [2.75, 3.05) is 4.72 Å². The van der Waals surface area contributed by atoms with Crippen LogP contribution in [0.25, 0.3) is 22.4 Å². The minimum absolute atomic E-state index is 0. The average Bonchev–Trinajstić information content (AvgIpc) is 3.29. The first-order valence-electron chi connectivity index (χ1n) is 13.8. The average molecular weight is 637 g/mol. The van der Waals surface area contributed by atoms with Gasteiger partial charge in [0.25, 0.3) is 10.0 Å². The smallest absolute Gasteiger partial charge is 1.00 e. The van der Waals surface area contributed by atoms with Crippen molar-refractivity contribution in [2.45, 2.75) is 62.7 Å². The van der Waals surface area contributed by atoms with Crippen molar-refractivity contribution in [3.8, 4) is 22.4 Å². The molecule has 4 aromatic rings. The normalized spacial score (nSPS) is 12.9. The van der Waals surface area contributed by atoms with Crippen molar-refractivity contribution in [2.24, 2.45) is 0 Å². The molecule has 1 aromatic heterocycles. The molecule has 0 saturated heterocycles. The third-order valence-electron chi connectivity index (χ3n) is 6.99. The van der Waals surface area contributed by atoms with Gasteiger partial charge in [-0.2, -0.15) is 0 Å². The summed E-state index contributed by atoms with van der Waals surface area (Å²) in [4.78, 5) is 10.9. The van der Waals surface area contributed by atoms with Gasteiger partial charge in [0.15, 0.2) is 0 Å². The maximum atomic E-state index is 14.2. The second-order valence-electron chi connectivity index (χ2n) is 10.7. The van der Waals surface area contributed by atoms with Gasteiger partial charge in [-0.1, -0.05) is 44.2 Å². The number of carbonyl (C=O) groups is 1. The summed E-state index contributed by atoms with van der Waals surface area (Å²) in [6.45, 7) is 3.73. The molecule has 0 radical (unpaired) electrons. The van der Waals surface area contributed by atoms with E-state index in [0.717, 1.165) is 0 Å². The zero-order valence-corrected chi connectivity index (χ0v) is 27.6. The van der Waals surface area contributed by atoms with Crippen LogP contribution in [0, 0.1) is 11.6 Å². The number of nitrogens with zero attached hydrogens (tertiary/aromatic N) is 1. The second kappa shape index (κ2) is 15.3. The second-order valence-corrected chi connectivity index (χ2v) is 12.3. The van der Waals surface area contributed by atoms with Gasteiger partial charge in [0.05, 0.1) is 24.3 Å². The molecule has 0 spiro atoms. The number of benzene rings is 3. The number of aliphatic hydroxyl groups is 2. The molecule has 0 unspecified atom stereocenters. The number of halogens is 2. The molecule has 0 fully saturated rings. The Kier molecular flexibility index (Phi) is 12.3. The minimum Gasteiger partial charge on any atom is -1.00 e. The Bertz CT molecular complexity index is 1670. The number of rotatable bonds is 13. The Labute approximate surface area is 279 Å². The van der Waals surface area contributed by atoms with Gasteiger partial charge in [0, 0.05) is 23.5 Å². The first-order chi connectivity index (χ1) is 20.4. The molecule has 12 heteroatoms. The summed E-state index contributed by atoms with van der Waals surface area (Å²) in [5, 5.41) is 29.7. The summed E-state index contributed by atoms with van der Waals surface area (Å²) in [6, 6.07) is 19.3. The molecule has 1 heterocycles. The van der Waals surface area contributed by atoms with Gasteiger partial charge in [-0.25, -0.2) is 17.2 Å². The molecular weight excluding hydrogens is 601 g/mol. The Hall–Kier alpha value is -3.06. The van der Waals surface area contributed by atoms with Crippen LogP contribution in [0.3, 0.4) is 0 Å². The van der Waals surface area contributed by atoms with E-state index in [1.807, 2.05) is 13.8 Å². The molecule has 0 amide bonds. The predicted octanol–water partition coefficient (Wildman–Crippen LogP) is 3.12. The quantitative estimate of drug-likeness (QED) is 0.167. The molecule has 3 aromatic carbocycles. The van der Waals surface area contributed by atoms with E-state index in [0.29, 0.717) is 28.2 Å². The van der Waals surface area contributed by atoms with Crippen molar-refractivity contribution >= 4 is 21.7 Å².